The van der Waals surface area contributed by atoms with Crippen LogP contribution in [0.2, 0.25) is 0 Å². The van der Waals surface area contributed by atoms with Gasteiger partial charge in [-0.25, -0.2) is 4.39 Å². The Labute approximate surface area is 124 Å². The number of hydrogen-bond acceptors (Lipinski definition) is 3. The third-order valence-electron chi connectivity index (χ3n) is 3.43. The molecule has 0 saturated carbocycles. The molecule has 114 valence electrons. The van der Waals surface area contributed by atoms with Gasteiger partial charge < -0.3 is 10.4 Å². The molecule has 0 aliphatic carbocycles. The predicted octanol–water partition coefficient (Wildman–Crippen LogP) is 3.78. The number of nitrogens with zero attached hydrogens (tertiary/aromatic N) is 1. The molecule has 1 atom stereocenters. The van der Waals surface area contributed by atoms with Gasteiger partial charge in [0.15, 0.2) is 0 Å². The molecule has 5 heteroatoms. The second kappa shape index (κ2) is 8.96. The van der Waals surface area contributed by atoms with Gasteiger partial charge in [-0.05, 0) is 37.0 Å². The van der Waals surface area contributed by atoms with Crippen LogP contribution in [0, 0.1) is 23.1 Å². The van der Waals surface area contributed by atoms with E-state index in [0.29, 0.717) is 24.6 Å². The molecule has 1 unspecified atom stereocenters. The number of carboxylic acids is 1. The number of aliphatic carboxylic acids is 1. The van der Waals surface area contributed by atoms with Crippen molar-refractivity contribution >= 4 is 11.7 Å². The number of nitrogens with one attached hydrogen (secondary N) is 1. The summed E-state index contributed by atoms with van der Waals surface area (Å²) >= 11 is 0. The van der Waals surface area contributed by atoms with E-state index in [-0.39, 0.29) is 12.0 Å². The van der Waals surface area contributed by atoms with Crippen LogP contribution in [0.4, 0.5) is 10.1 Å². The molecule has 1 aromatic carbocycles. The third-order valence-corrected chi connectivity index (χ3v) is 3.43. The van der Waals surface area contributed by atoms with Crippen LogP contribution in [0.1, 0.15) is 44.6 Å². The normalized spacial score (nSPS) is 11.7. The van der Waals surface area contributed by atoms with E-state index in [4.69, 9.17) is 10.4 Å². The second-order valence-corrected chi connectivity index (χ2v) is 5.10. The Morgan fingerprint density at radius 1 is 1.43 bits per heavy atom. The SMILES string of the molecule is CCCC(CCNc1ccc(F)cc1C#N)CCC(=O)O. The number of halogens is 1. The van der Waals surface area contributed by atoms with Crippen LogP contribution in [-0.4, -0.2) is 17.6 Å². The van der Waals surface area contributed by atoms with Crippen molar-refractivity contribution in [1.82, 2.24) is 0 Å². The van der Waals surface area contributed by atoms with Gasteiger partial charge in [0.05, 0.1) is 11.3 Å². The molecule has 0 aromatic heterocycles. The summed E-state index contributed by atoms with van der Waals surface area (Å²) in [6.07, 6.45) is 3.70. The van der Waals surface area contributed by atoms with Crippen molar-refractivity contribution in [2.75, 3.05) is 11.9 Å². The number of anilines is 1. The summed E-state index contributed by atoms with van der Waals surface area (Å²) in [5.74, 6) is -0.846. The fourth-order valence-corrected chi connectivity index (χ4v) is 2.34. The van der Waals surface area contributed by atoms with Crippen LogP contribution in [0.3, 0.4) is 0 Å². The van der Waals surface area contributed by atoms with Crippen molar-refractivity contribution in [2.45, 2.75) is 39.0 Å². The van der Waals surface area contributed by atoms with E-state index in [2.05, 4.69) is 12.2 Å². The number of nitriles is 1. The second-order valence-electron chi connectivity index (χ2n) is 5.10. The number of benzene rings is 1. The average molecular weight is 292 g/mol. The number of carbonyl (C=O) groups is 1. The zero-order valence-corrected chi connectivity index (χ0v) is 12.2. The highest BCUT2D eigenvalue weighted by molar-refractivity contribution is 5.66. The molecule has 0 saturated heterocycles. The topological polar surface area (TPSA) is 73.1 Å². The Bertz CT molecular complexity index is 511. The zero-order chi connectivity index (χ0) is 15.7. The van der Waals surface area contributed by atoms with E-state index in [1.54, 1.807) is 6.07 Å². The van der Waals surface area contributed by atoms with E-state index < -0.39 is 11.8 Å². The Balaban J connectivity index is 2.50. The van der Waals surface area contributed by atoms with Crippen molar-refractivity contribution in [3.8, 4) is 6.07 Å². The van der Waals surface area contributed by atoms with Gasteiger partial charge in [0.25, 0.3) is 0 Å². The van der Waals surface area contributed by atoms with Gasteiger partial charge in [-0.3, -0.25) is 4.79 Å². The summed E-state index contributed by atoms with van der Waals surface area (Å²) in [4.78, 5) is 10.6. The Morgan fingerprint density at radius 3 is 2.81 bits per heavy atom. The van der Waals surface area contributed by atoms with Crippen LogP contribution >= 0.6 is 0 Å². The summed E-state index contributed by atoms with van der Waals surface area (Å²) in [5.41, 5.74) is 0.903. The molecular formula is C16H21FN2O2. The Kier molecular flexibility index (Phi) is 7.24. The summed E-state index contributed by atoms with van der Waals surface area (Å²) in [5, 5.41) is 20.8. The summed E-state index contributed by atoms with van der Waals surface area (Å²) < 4.78 is 13.0. The van der Waals surface area contributed by atoms with Gasteiger partial charge in [-0.1, -0.05) is 19.8 Å². The molecule has 4 nitrogen and oxygen atoms in total. The lowest BCUT2D eigenvalue weighted by molar-refractivity contribution is -0.137. The highest BCUT2D eigenvalue weighted by Crippen LogP contribution is 2.20. The van der Waals surface area contributed by atoms with Crippen molar-refractivity contribution in [1.29, 1.82) is 5.26 Å². The zero-order valence-electron chi connectivity index (χ0n) is 12.2. The van der Waals surface area contributed by atoms with Crippen molar-refractivity contribution in [3.05, 3.63) is 29.6 Å². The molecule has 0 fully saturated rings. The monoisotopic (exact) mass is 292 g/mol. The molecule has 1 aromatic rings. The van der Waals surface area contributed by atoms with Crippen LogP contribution < -0.4 is 5.32 Å². The van der Waals surface area contributed by atoms with E-state index in [1.165, 1.54) is 12.1 Å². The van der Waals surface area contributed by atoms with Gasteiger partial charge in [-0.2, -0.15) is 5.26 Å². The van der Waals surface area contributed by atoms with Gasteiger partial charge in [0, 0.05) is 13.0 Å². The van der Waals surface area contributed by atoms with E-state index >= 15 is 0 Å². The number of hydrogen-bond donors (Lipinski definition) is 2. The van der Waals surface area contributed by atoms with Gasteiger partial charge in [0.1, 0.15) is 11.9 Å². The van der Waals surface area contributed by atoms with Crippen LogP contribution in [0.5, 0.6) is 0 Å². The maximum Gasteiger partial charge on any atom is 0.303 e. The lowest BCUT2D eigenvalue weighted by Crippen LogP contribution is -2.11. The van der Waals surface area contributed by atoms with Crippen molar-refractivity contribution in [3.63, 3.8) is 0 Å². The molecule has 0 aliphatic heterocycles. The molecule has 0 heterocycles. The Hall–Kier alpha value is -2.09. The van der Waals surface area contributed by atoms with Gasteiger partial charge in [-0.15, -0.1) is 0 Å². The van der Waals surface area contributed by atoms with Crippen LogP contribution in [0.15, 0.2) is 18.2 Å². The fraction of sp³-hybridized carbons (Fsp3) is 0.500. The largest absolute Gasteiger partial charge is 0.481 e. The maximum atomic E-state index is 13.0. The van der Waals surface area contributed by atoms with E-state index in [9.17, 15) is 9.18 Å². The molecule has 1 rings (SSSR count). The molecule has 2 N–H and O–H groups in total. The third kappa shape index (κ3) is 6.26. The molecular weight excluding hydrogens is 271 g/mol. The fourth-order valence-electron chi connectivity index (χ4n) is 2.34. The number of carboxylic acid groups (broad SMARTS) is 1. The molecule has 0 spiro atoms. The average Bonchev–Trinajstić information content (AvgIpc) is 2.46. The molecule has 21 heavy (non-hydrogen) atoms. The van der Waals surface area contributed by atoms with Crippen LogP contribution in [-0.2, 0) is 4.79 Å². The van der Waals surface area contributed by atoms with E-state index in [1.807, 2.05) is 6.07 Å². The molecule has 0 bridgehead atoms. The maximum absolute atomic E-state index is 13.0. The smallest absolute Gasteiger partial charge is 0.303 e. The first-order chi connectivity index (χ1) is 10.1. The summed E-state index contributed by atoms with van der Waals surface area (Å²) in [6, 6.07) is 6.04. The number of rotatable bonds is 9. The first-order valence-corrected chi connectivity index (χ1v) is 7.22. The standard InChI is InChI=1S/C16H21FN2O2/c1-2-3-12(4-7-16(20)21)8-9-19-15-6-5-14(17)10-13(15)11-18/h5-6,10,12,19H,2-4,7-9H2,1H3,(H,20,21). The molecule has 0 radical (unpaired) electrons. The summed E-state index contributed by atoms with van der Waals surface area (Å²) in [7, 11) is 0. The van der Waals surface area contributed by atoms with Crippen LogP contribution in [0.25, 0.3) is 0 Å². The highest BCUT2D eigenvalue weighted by atomic mass is 19.1. The first-order valence-electron chi connectivity index (χ1n) is 7.22. The van der Waals surface area contributed by atoms with Crippen molar-refractivity contribution < 1.29 is 14.3 Å². The Morgan fingerprint density at radius 2 is 2.19 bits per heavy atom. The molecule has 0 amide bonds. The highest BCUT2D eigenvalue weighted by Gasteiger charge is 2.10. The van der Waals surface area contributed by atoms with Gasteiger partial charge >= 0.3 is 5.97 Å². The van der Waals surface area contributed by atoms with E-state index in [0.717, 1.165) is 19.3 Å². The summed E-state index contributed by atoms with van der Waals surface area (Å²) in [6.45, 7) is 2.72. The minimum Gasteiger partial charge on any atom is -0.481 e. The van der Waals surface area contributed by atoms with Gasteiger partial charge in [0.2, 0.25) is 0 Å². The minimum absolute atomic E-state index is 0.185. The minimum atomic E-state index is -0.769. The lowest BCUT2D eigenvalue weighted by atomic mass is 9.94. The lowest BCUT2D eigenvalue weighted by Gasteiger charge is -2.16. The van der Waals surface area contributed by atoms with Crippen molar-refractivity contribution in [2.24, 2.45) is 5.92 Å². The quantitative estimate of drug-likeness (QED) is 0.726. The predicted molar refractivity (Wildman–Crippen MR) is 79.5 cm³/mol. The molecule has 0 aliphatic rings. The first kappa shape index (κ1) is 17.0.